The number of methoxy groups -OCH3 is 1. The molecule has 14 heavy (non-hydrogen) atoms. The summed E-state index contributed by atoms with van der Waals surface area (Å²) in [5.41, 5.74) is 0. The van der Waals surface area contributed by atoms with Gasteiger partial charge >= 0.3 is 5.97 Å². The third-order valence-corrected chi connectivity index (χ3v) is 2.55. The Bertz CT molecular complexity index is 359. The van der Waals surface area contributed by atoms with Gasteiger partial charge in [0.1, 0.15) is 5.82 Å². The molecule has 2 rings (SSSR count). The van der Waals surface area contributed by atoms with Crippen molar-refractivity contribution in [3.63, 3.8) is 0 Å². The summed E-state index contributed by atoms with van der Waals surface area (Å²) >= 11 is 0. The minimum Gasteiger partial charge on any atom is -0.463 e. The van der Waals surface area contributed by atoms with Gasteiger partial charge in [-0.25, -0.2) is 4.79 Å². The molecule has 1 aromatic heterocycles. The monoisotopic (exact) mass is 195 g/mol. The highest BCUT2D eigenvalue weighted by atomic mass is 16.5. The van der Waals surface area contributed by atoms with E-state index in [1.54, 1.807) is 0 Å². The number of nitrogens with zero attached hydrogens (tertiary/aromatic N) is 3. The van der Waals surface area contributed by atoms with Crippen LogP contribution in [0.25, 0.3) is 0 Å². The van der Waals surface area contributed by atoms with Gasteiger partial charge in [-0.1, -0.05) is 6.92 Å². The van der Waals surface area contributed by atoms with Crippen molar-refractivity contribution in [2.24, 2.45) is 5.92 Å². The second-order valence-electron chi connectivity index (χ2n) is 3.69. The molecule has 0 saturated carbocycles. The molecule has 1 unspecified atom stereocenters. The highest BCUT2D eigenvalue weighted by Gasteiger charge is 2.24. The van der Waals surface area contributed by atoms with E-state index in [1.165, 1.54) is 7.11 Å². The molecule has 1 aromatic rings. The highest BCUT2D eigenvalue weighted by molar-refractivity contribution is 5.85. The van der Waals surface area contributed by atoms with Crippen LogP contribution in [0.2, 0.25) is 0 Å². The molecule has 1 atom stereocenters. The summed E-state index contributed by atoms with van der Waals surface area (Å²) in [5, 5.41) is 7.81. The summed E-state index contributed by atoms with van der Waals surface area (Å²) < 4.78 is 6.49. The SMILES string of the molecule is COC(=O)c1nnc2n1CC(C)CC2. The first-order valence-corrected chi connectivity index (χ1v) is 4.72. The van der Waals surface area contributed by atoms with Crippen LogP contribution in [0.3, 0.4) is 0 Å². The van der Waals surface area contributed by atoms with Gasteiger partial charge in [-0.3, -0.25) is 0 Å². The second-order valence-corrected chi connectivity index (χ2v) is 3.69. The third kappa shape index (κ3) is 1.38. The van der Waals surface area contributed by atoms with Gasteiger partial charge in [0.2, 0.25) is 5.82 Å². The number of fused-ring (bicyclic) bond motifs is 1. The Morgan fingerprint density at radius 2 is 2.36 bits per heavy atom. The second kappa shape index (κ2) is 3.40. The maximum absolute atomic E-state index is 11.3. The Labute approximate surface area is 82.1 Å². The lowest BCUT2D eigenvalue weighted by molar-refractivity contribution is 0.0578. The summed E-state index contributed by atoms with van der Waals surface area (Å²) in [5.74, 6) is 1.39. The number of esters is 1. The van der Waals surface area contributed by atoms with Crippen LogP contribution in [-0.2, 0) is 17.7 Å². The molecular formula is C9H13N3O2. The van der Waals surface area contributed by atoms with Crippen molar-refractivity contribution in [3.8, 4) is 0 Å². The molecule has 0 amide bonds. The molecule has 0 aliphatic carbocycles. The summed E-state index contributed by atoms with van der Waals surface area (Å²) in [6.07, 6.45) is 2.00. The van der Waals surface area contributed by atoms with Crippen LogP contribution >= 0.6 is 0 Å². The van der Waals surface area contributed by atoms with Gasteiger partial charge in [-0.15, -0.1) is 10.2 Å². The molecule has 0 bridgehead atoms. The molecule has 0 radical (unpaired) electrons. The van der Waals surface area contributed by atoms with Crippen LogP contribution in [0.5, 0.6) is 0 Å². The standard InChI is InChI=1S/C9H13N3O2/c1-6-3-4-7-10-11-8(9(13)14-2)12(7)5-6/h6H,3-5H2,1-2H3. The average Bonchev–Trinajstić information content (AvgIpc) is 2.59. The number of aryl methyl sites for hydroxylation is 1. The van der Waals surface area contributed by atoms with Gasteiger partial charge in [0.05, 0.1) is 7.11 Å². The number of hydrogen-bond acceptors (Lipinski definition) is 4. The van der Waals surface area contributed by atoms with Gasteiger partial charge in [-0.2, -0.15) is 0 Å². The van der Waals surface area contributed by atoms with Crippen LogP contribution in [0.4, 0.5) is 0 Å². The maximum Gasteiger partial charge on any atom is 0.376 e. The van der Waals surface area contributed by atoms with Gasteiger partial charge in [0.15, 0.2) is 0 Å². The number of carbonyl (C=O) groups excluding carboxylic acids is 1. The summed E-state index contributed by atoms with van der Waals surface area (Å²) in [7, 11) is 1.36. The lowest BCUT2D eigenvalue weighted by atomic mass is 10.0. The molecule has 1 aliphatic rings. The third-order valence-electron chi connectivity index (χ3n) is 2.55. The molecule has 5 nitrogen and oxygen atoms in total. The maximum atomic E-state index is 11.3. The summed E-state index contributed by atoms with van der Waals surface area (Å²) in [4.78, 5) is 11.3. The average molecular weight is 195 g/mol. The molecule has 1 aliphatic heterocycles. The molecule has 0 fully saturated rings. The van der Waals surface area contributed by atoms with Crippen LogP contribution in [0, 0.1) is 5.92 Å². The zero-order chi connectivity index (χ0) is 10.1. The van der Waals surface area contributed by atoms with Gasteiger partial charge in [0.25, 0.3) is 0 Å². The number of aromatic nitrogens is 3. The predicted molar refractivity (Wildman–Crippen MR) is 48.8 cm³/mol. The predicted octanol–water partition coefficient (Wildman–Crippen LogP) is 0.647. The number of rotatable bonds is 1. The lowest BCUT2D eigenvalue weighted by Gasteiger charge is -2.19. The Balaban J connectivity index is 2.35. The normalized spacial score (nSPS) is 20.3. The molecule has 0 saturated heterocycles. The summed E-state index contributed by atoms with van der Waals surface area (Å²) in [6, 6.07) is 0. The largest absolute Gasteiger partial charge is 0.463 e. The first-order valence-electron chi connectivity index (χ1n) is 4.72. The quantitative estimate of drug-likeness (QED) is 0.617. The number of carbonyl (C=O) groups is 1. The van der Waals surface area contributed by atoms with Crippen LogP contribution in [0.15, 0.2) is 0 Å². The molecule has 5 heteroatoms. The fourth-order valence-electron chi connectivity index (χ4n) is 1.73. The topological polar surface area (TPSA) is 57.0 Å². The van der Waals surface area contributed by atoms with E-state index in [1.807, 2.05) is 4.57 Å². The van der Waals surface area contributed by atoms with Crippen molar-refractivity contribution in [1.82, 2.24) is 14.8 Å². The Hall–Kier alpha value is -1.39. The summed E-state index contributed by atoms with van der Waals surface area (Å²) in [6.45, 7) is 2.97. The molecule has 0 spiro atoms. The van der Waals surface area contributed by atoms with Crippen LogP contribution < -0.4 is 0 Å². The zero-order valence-electron chi connectivity index (χ0n) is 8.36. The van der Waals surface area contributed by atoms with Gasteiger partial charge in [0, 0.05) is 13.0 Å². The molecular weight excluding hydrogens is 182 g/mol. The fraction of sp³-hybridized carbons (Fsp3) is 0.667. The van der Waals surface area contributed by atoms with Crippen molar-refractivity contribution in [1.29, 1.82) is 0 Å². The molecule has 76 valence electrons. The smallest absolute Gasteiger partial charge is 0.376 e. The van der Waals surface area contributed by atoms with E-state index >= 15 is 0 Å². The van der Waals surface area contributed by atoms with Crippen molar-refractivity contribution < 1.29 is 9.53 Å². The number of ether oxygens (including phenoxy) is 1. The Morgan fingerprint density at radius 1 is 1.57 bits per heavy atom. The van der Waals surface area contributed by atoms with Gasteiger partial charge in [-0.05, 0) is 12.3 Å². The number of hydrogen-bond donors (Lipinski definition) is 0. The molecule has 0 aromatic carbocycles. The van der Waals surface area contributed by atoms with E-state index in [-0.39, 0.29) is 0 Å². The van der Waals surface area contributed by atoms with Crippen molar-refractivity contribution >= 4 is 5.97 Å². The minimum atomic E-state index is -0.405. The van der Waals surface area contributed by atoms with Gasteiger partial charge < -0.3 is 9.30 Å². The molecule has 0 N–H and O–H groups in total. The van der Waals surface area contributed by atoms with E-state index in [0.29, 0.717) is 11.7 Å². The Morgan fingerprint density at radius 3 is 3.07 bits per heavy atom. The van der Waals surface area contributed by atoms with Crippen molar-refractivity contribution in [2.75, 3.05) is 7.11 Å². The fourth-order valence-corrected chi connectivity index (χ4v) is 1.73. The first kappa shape index (κ1) is 9.18. The van der Waals surface area contributed by atoms with Crippen LogP contribution in [0.1, 0.15) is 29.8 Å². The van der Waals surface area contributed by atoms with E-state index < -0.39 is 5.97 Å². The van der Waals surface area contributed by atoms with Crippen molar-refractivity contribution in [2.45, 2.75) is 26.3 Å². The van der Waals surface area contributed by atoms with E-state index in [2.05, 4.69) is 21.9 Å². The first-order chi connectivity index (χ1) is 6.72. The minimum absolute atomic E-state index is 0.328. The Kier molecular flexibility index (Phi) is 2.23. The highest BCUT2D eigenvalue weighted by Crippen LogP contribution is 2.19. The van der Waals surface area contributed by atoms with E-state index in [4.69, 9.17) is 0 Å². The zero-order valence-corrected chi connectivity index (χ0v) is 8.36. The molecule has 2 heterocycles. The van der Waals surface area contributed by atoms with Crippen molar-refractivity contribution in [3.05, 3.63) is 11.6 Å². The van der Waals surface area contributed by atoms with Crippen LogP contribution in [-0.4, -0.2) is 27.8 Å². The lowest BCUT2D eigenvalue weighted by Crippen LogP contribution is -2.22. The van der Waals surface area contributed by atoms with E-state index in [9.17, 15) is 4.79 Å². The van der Waals surface area contributed by atoms with E-state index in [0.717, 1.165) is 25.2 Å².